The Kier molecular flexibility index (Phi) is 4.68. The maximum Gasteiger partial charge on any atom is 0.337 e. The molecule has 2 aromatic rings. The Balaban J connectivity index is 1.87. The second-order valence-corrected chi connectivity index (χ2v) is 4.38. The van der Waals surface area contributed by atoms with Crippen LogP contribution in [0.2, 0.25) is 5.02 Å². The SMILES string of the molecule is COc1cccc(NNC(=O)Nc2ccc(Cl)cc2)c1. The molecule has 20 heavy (non-hydrogen) atoms. The molecule has 0 spiro atoms. The number of urea groups is 1. The molecule has 0 aliphatic carbocycles. The molecule has 2 amide bonds. The number of amides is 2. The van der Waals surface area contributed by atoms with Gasteiger partial charge in [-0.2, -0.15) is 0 Å². The van der Waals surface area contributed by atoms with Crippen LogP contribution in [0.3, 0.4) is 0 Å². The Bertz CT molecular complexity index is 587. The molecule has 0 bridgehead atoms. The van der Waals surface area contributed by atoms with Crippen molar-refractivity contribution >= 4 is 29.0 Å². The van der Waals surface area contributed by atoms with Crippen LogP contribution in [0.25, 0.3) is 0 Å². The van der Waals surface area contributed by atoms with Gasteiger partial charge in [-0.25, -0.2) is 4.79 Å². The number of ether oxygens (including phenoxy) is 1. The zero-order chi connectivity index (χ0) is 14.4. The molecule has 3 N–H and O–H groups in total. The standard InChI is InChI=1S/C14H14ClN3O2/c1-20-13-4-2-3-12(9-13)17-18-14(19)16-11-7-5-10(15)6-8-11/h2-9,17H,1H3,(H2,16,18,19). The van der Waals surface area contributed by atoms with Crippen molar-refractivity contribution in [3.63, 3.8) is 0 Å². The van der Waals surface area contributed by atoms with Crippen LogP contribution in [-0.4, -0.2) is 13.1 Å². The quantitative estimate of drug-likeness (QED) is 0.756. The predicted molar refractivity (Wildman–Crippen MR) is 80.2 cm³/mol. The van der Waals surface area contributed by atoms with Crippen molar-refractivity contribution in [1.29, 1.82) is 0 Å². The lowest BCUT2D eigenvalue weighted by Gasteiger charge is -2.10. The van der Waals surface area contributed by atoms with Gasteiger partial charge in [0.2, 0.25) is 0 Å². The van der Waals surface area contributed by atoms with Crippen LogP contribution < -0.4 is 20.9 Å². The molecule has 2 rings (SSSR count). The minimum atomic E-state index is -0.379. The molecule has 104 valence electrons. The van der Waals surface area contributed by atoms with Crippen LogP contribution in [0, 0.1) is 0 Å². The van der Waals surface area contributed by atoms with Crippen molar-refractivity contribution in [2.45, 2.75) is 0 Å². The largest absolute Gasteiger partial charge is 0.497 e. The molecule has 0 saturated heterocycles. The zero-order valence-electron chi connectivity index (χ0n) is 10.8. The Morgan fingerprint density at radius 2 is 1.85 bits per heavy atom. The molecule has 6 heteroatoms. The van der Waals surface area contributed by atoms with E-state index in [1.165, 1.54) is 0 Å². The average molecular weight is 292 g/mol. The van der Waals surface area contributed by atoms with Crippen LogP contribution in [-0.2, 0) is 0 Å². The van der Waals surface area contributed by atoms with E-state index in [0.29, 0.717) is 16.5 Å². The highest BCUT2D eigenvalue weighted by Gasteiger charge is 2.01. The van der Waals surface area contributed by atoms with Gasteiger partial charge in [0.15, 0.2) is 0 Å². The van der Waals surface area contributed by atoms with Gasteiger partial charge in [-0.15, -0.1) is 0 Å². The topological polar surface area (TPSA) is 62.4 Å². The summed E-state index contributed by atoms with van der Waals surface area (Å²) in [5.41, 5.74) is 6.68. The number of hydrogen-bond acceptors (Lipinski definition) is 3. The van der Waals surface area contributed by atoms with E-state index >= 15 is 0 Å². The molecule has 0 atom stereocenters. The Morgan fingerprint density at radius 1 is 1.10 bits per heavy atom. The number of anilines is 2. The van der Waals surface area contributed by atoms with Crippen LogP contribution in [0.15, 0.2) is 48.5 Å². The fourth-order valence-corrected chi connectivity index (χ4v) is 1.65. The average Bonchev–Trinajstić information content (AvgIpc) is 2.48. The van der Waals surface area contributed by atoms with E-state index in [1.54, 1.807) is 37.4 Å². The minimum Gasteiger partial charge on any atom is -0.497 e. The van der Waals surface area contributed by atoms with Gasteiger partial charge in [0, 0.05) is 16.8 Å². The van der Waals surface area contributed by atoms with Crippen LogP contribution in [0.5, 0.6) is 5.75 Å². The van der Waals surface area contributed by atoms with Gasteiger partial charge >= 0.3 is 6.03 Å². The number of hydrogen-bond donors (Lipinski definition) is 3. The first-order valence-corrected chi connectivity index (χ1v) is 6.28. The van der Waals surface area contributed by atoms with Crippen molar-refractivity contribution in [1.82, 2.24) is 5.43 Å². The van der Waals surface area contributed by atoms with Gasteiger partial charge in [-0.3, -0.25) is 10.9 Å². The second-order valence-electron chi connectivity index (χ2n) is 3.94. The molecule has 0 radical (unpaired) electrons. The van der Waals surface area contributed by atoms with Gasteiger partial charge in [-0.1, -0.05) is 17.7 Å². The highest BCUT2D eigenvalue weighted by atomic mass is 35.5. The number of benzene rings is 2. The minimum absolute atomic E-state index is 0.379. The van der Waals surface area contributed by atoms with E-state index in [4.69, 9.17) is 16.3 Å². The van der Waals surface area contributed by atoms with Crippen LogP contribution in [0.4, 0.5) is 16.2 Å². The Morgan fingerprint density at radius 3 is 2.55 bits per heavy atom. The van der Waals surface area contributed by atoms with Crippen molar-refractivity contribution in [3.05, 3.63) is 53.6 Å². The molecule has 5 nitrogen and oxygen atoms in total. The Hall–Kier alpha value is -2.40. The molecule has 0 aromatic heterocycles. The van der Waals surface area contributed by atoms with E-state index in [2.05, 4.69) is 16.2 Å². The molecule has 0 fully saturated rings. The van der Waals surface area contributed by atoms with Gasteiger partial charge in [0.1, 0.15) is 5.75 Å². The van der Waals surface area contributed by atoms with Crippen molar-refractivity contribution in [2.75, 3.05) is 17.9 Å². The van der Waals surface area contributed by atoms with Crippen molar-refractivity contribution in [2.24, 2.45) is 0 Å². The highest BCUT2D eigenvalue weighted by molar-refractivity contribution is 6.30. The maximum absolute atomic E-state index is 11.7. The summed E-state index contributed by atoms with van der Waals surface area (Å²) < 4.78 is 5.09. The van der Waals surface area contributed by atoms with Gasteiger partial charge in [0.05, 0.1) is 12.8 Å². The summed E-state index contributed by atoms with van der Waals surface area (Å²) in [5, 5.41) is 3.28. The molecule has 2 aromatic carbocycles. The van der Waals surface area contributed by atoms with Crippen molar-refractivity contribution in [3.8, 4) is 5.75 Å². The molecule has 0 unspecified atom stereocenters. The molecule has 0 aliphatic rings. The molecule has 0 aliphatic heterocycles. The zero-order valence-corrected chi connectivity index (χ0v) is 11.6. The Labute approximate surface area is 121 Å². The summed E-state index contributed by atoms with van der Waals surface area (Å²) in [7, 11) is 1.58. The summed E-state index contributed by atoms with van der Waals surface area (Å²) in [5.74, 6) is 0.704. The number of carbonyl (C=O) groups is 1. The summed E-state index contributed by atoms with van der Waals surface area (Å²) >= 11 is 5.77. The van der Waals surface area contributed by atoms with Crippen LogP contribution >= 0.6 is 11.6 Å². The number of methoxy groups -OCH3 is 1. The van der Waals surface area contributed by atoms with Crippen molar-refractivity contribution < 1.29 is 9.53 Å². The van der Waals surface area contributed by atoms with E-state index in [-0.39, 0.29) is 6.03 Å². The second kappa shape index (κ2) is 6.68. The molecule has 0 saturated carbocycles. The van der Waals surface area contributed by atoms with Gasteiger partial charge < -0.3 is 10.1 Å². The summed E-state index contributed by atoms with van der Waals surface area (Å²) in [6.07, 6.45) is 0. The monoisotopic (exact) mass is 291 g/mol. The highest BCUT2D eigenvalue weighted by Crippen LogP contribution is 2.16. The third kappa shape index (κ3) is 4.07. The summed E-state index contributed by atoms with van der Waals surface area (Å²) in [6.45, 7) is 0. The fraction of sp³-hybridized carbons (Fsp3) is 0.0714. The first kappa shape index (κ1) is 14.0. The number of rotatable bonds is 4. The summed E-state index contributed by atoms with van der Waals surface area (Å²) in [4.78, 5) is 11.7. The molecular formula is C14H14ClN3O2. The third-order valence-electron chi connectivity index (χ3n) is 2.49. The fourth-order valence-electron chi connectivity index (χ4n) is 1.53. The lowest BCUT2D eigenvalue weighted by Crippen LogP contribution is -2.33. The summed E-state index contributed by atoms with van der Waals surface area (Å²) in [6, 6.07) is 13.7. The molecule has 0 heterocycles. The van der Waals surface area contributed by atoms with E-state index in [1.807, 2.05) is 18.2 Å². The molecular weight excluding hydrogens is 278 g/mol. The number of carbonyl (C=O) groups excluding carboxylic acids is 1. The number of nitrogens with one attached hydrogen (secondary N) is 3. The van der Waals surface area contributed by atoms with E-state index in [0.717, 1.165) is 5.69 Å². The van der Waals surface area contributed by atoms with Gasteiger partial charge in [0.25, 0.3) is 0 Å². The third-order valence-corrected chi connectivity index (χ3v) is 2.74. The van der Waals surface area contributed by atoms with Gasteiger partial charge in [-0.05, 0) is 36.4 Å². The number of halogens is 1. The maximum atomic E-state index is 11.7. The van der Waals surface area contributed by atoms with E-state index in [9.17, 15) is 4.79 Å². The first-order chi connectivity index (χ1) is 9.67. The first-order valence-electron chi connectivity index (χ1n) is 5.90. The lowest BCUT2D eigenvalue weighted by atomic mass is 10.3. The normalized spacial score (nSPS) is 9.70. The lowest BCUT2D eigenvalue weighted by molar-refractivity contribution is 0.254. The number of hydrazine groups is 1. The van der Waals surface area contributed by atoms with E-state index < -0.39 is 0 Å². The smallest absolute Gasteiger partial charge is 0.337 e. The van der Waals surface area contributed by atoms with Crippen LogP contribution in [0.1, 0.15) is 0 Å². The predicted octanol–water partition coefficient (Wildman–Crippen LogP) is 3.50.